The molecule has 2 atom stereocenters. The number of nitrogens with zero attached hydrogens (tertiary/aromatic N) is 2. The first kappa shape index (κ1) is 14.7. The van der Waals surface area contributed by atoms with E-state index in [-0.39, 0.29) is 11.6 Å². The van der Waals surface area contributed by atoms with Gasteiger partial charge in [0, 0.05) is 29.6 Å². The monoisotopic (exact) mass is 338 g/mol. The number of hydrogen-bond donors (Lipinski definition) is 1. The van der Waals surface area contributed by atoms with Gasteiger partial charge in [0.05, 0.1) is 6.54 Å². The van der Waals surface area contributed by atoms with Crippen molar-refractivity contribution in [3.8, 4) is 6.01 Å². The minimum absolute atomic E-state index is 0.256. The normalized spacial score (nSPS) is 20.1. The van der Waals surface area contributed by atoms with Gasteiger partial charge in [-0.25, -0.2) is 0 Å². The Morgan fingerprint density at radius 2 is 2.12 bits per heavy atom. The molecule has 3 aromatic rings. The second-order valence-corrected chi connectivity index (χ2v) is 6.77. The number of benzene rings is 1. The number of aromatic nitrogens is 2. The predicted octanol–water partition coefficient (Wildman–Crippen LogP) is 2.36. The molecule has 1 N–H and O–H groups in total. The Hall–Kier alpha value is -2.60. The molecule has 1 aliphatic heterocycles. The molecule has 0 amide bonds. The van der Waals surface area contributed by atoms with Gasteiger partial charge in [-0.2, -0.15) is 4.98 Å². The van der Waals surface area contributed by atoms with Crippen molar-refractivity contribution in [1.82, 2.24) is 9.55 Å². The van der Waals surface area contributed by atoms with E-state index in [0.717, 1.165) is 35.1 Å². The lowest BCUT2D eigenvalue weighted by atomic mass is 9.95. The zero-order valence-electron chi connectivity index (χ0n) is 13.6. The van der Waals surface area contributed by atoms with Crippen LogP contribution >= 0.6 is 0 Å². The summed E-state index contributed by atoms with van der Waals surface area (Å²) in [4.78, 5) is 15.2. The molecule has 0 radical (unpaired) electrons. The van der Waals surface area contributed by atoms with Crippen LogP contribution in [-0.4, -0.2) is 20.8 Å². The lowest BCUT2D eigenvalue weighted by Crippen LogP contribution is -2.23. The van der Waals surface area contributed by atoms with E-state index in [0.29, 0.717) is 6.54 Å². The maximum atomic E-state index is 11.3. The minimum atomic E-state index is -0.816. The summed E-state index contributed by atoms with van der Waals surface area (Å²) in [7, 11) is 0. The molecule has 6 heteroatoms. The summed E-state index contributed by atoms with van der Waals surface area (Å²) in [6, 6.07) is 7.51. The highest BCUT2D eigenvalue weighted by atomic mass is 16.5. The van der Waals surface area contributed by atoms with E-state index in [1.807, 2.05) is 18.2 Å². The van der Waals surface area contributed by atoms with E-state index in [1.54, 1.807) is 10.8 Å². The minimum Gasteiger partial charge on any atom is -0.461 e. The molecule has 5 rings (SSSR count). The average Bonchev–Trinajstić information content (AvgIpc) is 3.21. The lowest BCUT2D eigenvalue weighted by molar-refractivity contribution is 0.0459. The lowest BCUT2D eigenvalue weighted by Gasteiger charge is -2.17. The number of aryl methyl sites for hydroxylation is 2. The number of fused-ring (bicyclic) bond motifs is 4. The summed E-state index contributed by atoms with van der Waals surface area (Å²) in [5.41, 5.74) is 2.55. The molecule has 0 saturated heterocycles. The van der Waals surface area contributed by atoms with Crippen molar-refractivity contribution in [3.63, 3.8) is 0 Å². The van der Waals surface area contributed by atoms with Crippen molar-refractivity contribution < 1.29 is 14.3 Å². The van der Waals surface area contributed by atoms with Crippen LogP contribution in [0, 0.1) is 0 Å². The molecule has 0 saturated carbocycles. The Bertz CT molecular complexity index is 1020. The summed E-state index contributed by atoms with van der Waals surface area (Å²) in [5.74, 6) is 1.08. The predicted molar refractivity (Wildman–Crippen MR) is 90.7 cm³/mol. The fourth-order valence-electron chi connectivity index (χ4n) is 3.86. The number of aliphatic hydroxyl groups excluding tert-OH is 1. The highest BCUT2D eigenvalue weighted by Crippen LogP contribution is 2.34. The van der Waals surface area contributed by atoms with Crippen molar-refractivity contribution in [1.29, 1.82) is 0 Å². The molecule has 2 unspecified atom stereocenters. The molecular weight excluding hydrogens is 320 g/mol. The summed E-state index contributed by atoms with van der Waals surface area (Å²) < 4.78 is 13.4. The summed E-state index contributed by atoms with van der Waals surface area (Å²) in [6.07, 6.45) is 4.77. The SMILES string of the molecule is O=c1ccn2c(n1)OC(C(O)c1ccc3c4c(oc3c1)CCCC4)C2. The highest BCUT2D eigenvalue weighted by molar-refractivity contribution is 5.83. The van der Waals surface area contributed by atoms with Gasteiger partial charge < -0.3 is 14.3 Å². The van der Waals surface area contributed by atoms with Crippen LogP contribution in [0.3, 0.4) is 0 Å². The van der Waals surface area contributed by atoms with Crippen LogP contribution in [0.25, 0.3) is 11.0 Å². The van der Waals surface area contributed by atoms with Crippen LogP contribution in [0.1, 0.15) is 35.8 Å². The van der Waals surface area contributed by atoms with Crippen molar-refractivity contribution >= 4 is 11.0 Å². The Balaban J connectivity index is 1.46. The number of ether oxygens (including phenoxy) is 1. The van der Waals surface area contributed by atoms with Gasteiger partial charge in [-0.05, 0) is 30.9 Å². The van der Waals surface area contributed by atoms with Crippen LogP contribution in [0.5, 0.6) is 6.01 Å². The van der Waals surface area contributed by atoms with Gasteiger partial charge in [-0.15, -0.1) is 0 Å². The average molecular weight is 338 g/mol. The summed E-state index contributed by atoms with van der Waals surface area (Å²) in [6.45, 7) is 0.455. The zero-order chi connectivity index (χ0) is 17.0. The standard InChI is InChI=1S/C19H18N2O4/c22-17-7-8-21-10-16(25-19(21)20-17)18(23)11-5-6-13-12-3-1-2-4-14(12)24-15(13)9-11/h5-9,16,18,23H,1-4,10H2. The molecule has 0 fully saturated rings. The van der Waals surface area contributed by atoms with E-state index < -0.39 is 12.2 Å². The molecule has 3 heterocycles. The van der Waals surface area contributed by atoms with Crippen molar-refractivity contribution in [2.24, 2.45) is 0 Å². The van der Waals surface area contributed by atoms with Gasteiger partial charge in [0.25, 0.3) is 11.6 Å². The molecule has 0 bridgehead atoms. The van der Waals surface area contributed by atoms with E-state index in [2.05, 4.69) is 4.98 Å². The molecule has 25 heavy (non-hydrogen) atoms. The number of rotatable bonds is 2. The maximum absolute atomic E-state index is 11.3. The second-order valence-electron chi connectivity index (χ2n) is 6.77. The molecule has 0 spiro atoms. The Morgan fingerprint density at radius 1 is 1.24 bits per heavy atom. The summed E-state index contributed by atoms with van der Waals surface area (Å²) in [5, 5.41) is 11.9. The first-order chi connectivity index (χ1) is 12.2. The third-order valence-electron chi connectivity index (χ3n) is 5.16. The summed E-state index contributed by atoms with van der Waals surface area (Å²) >= 11 is 0. The topological polar surface area (TPSA) is 77.5 Å². The molecule has 1 aliphatic carbocycles. The fraction of sp³-hybridized carbons (Fsp3) is 0.368. The first-order valence-corrected chi connectivity index (χ1v) is 8.65. The number of furan rings is 1. The molecular formula is C19H18N2O4. The Labute approximate surface area is 143 Å². The van der Waals surface area contributed by atoms with Gasteiger partial charge in [-0.1, -0.05) is 12.1 Å². The van der Waals surface area contributed by atoms with Crippen LogP contribution in [-0.2, 0) is 19.4 Å². The largest absolute Gasteiger partial charge is 0.461 e. The molecule has 2 aromatic heterocycles. The van der Waals surface area contributed by atoms with Gasteiger partial charge in [0.2, 0.25) is 0 Å². The quantitative estimate of drug-likeness (QED) is 0.776. The van der Waals surface area contributed by atoms with Crippen molar-refractivity contribution in [3.05, 3.63) is 57.7 Å². The van der Waals surface area contributed by atoms with Gasteiger partial charge in [-0.3, -0.25) is 9.36 Å². The molecule has 2 aliphatic rings. The number of hydrogen-bond acceptors (Lipinski definition) is 5. The molecule has 6 nitrogen and oxygen atoms in total. The first-order valence-electron chi connectivity index (χ1n) is 8.65. The zero-order valence-corrected chi connectivity index (χ0v) is 13.6. The van der Waals surface area contributed by atoms with Crippen LogP contribution in [0.4, 0.5) is 0 Å². The Kier molecular flexibility index (Phi) is 3.21. The second kappa shape index (κ2) is 5.46. The van der Waals surface area contributed by atoms with E-state index in [1.165, 1.54) is 24.5 Å². The van der Waals surface area contributed by atoms with Gasteiger partial charge in [0.1, 0.15) is 23.6 Å². The van der Waals surface area contributed by atoms with Crippen LogP contribution in [0.2, 0.25) is 0 Å². The maximum Gasteiger partial charge on any atom is 0.300 e. The third kappa shape index (κ3) is 2.36. The third-order valence-corrected chi connectivity index (χ3v) is 5.16. The van der Waals surface area contributed by atoms with Crippen molar-refractivity contribution in [2.45, 2.75) is 44.4 Å². The van der Waals surface area contributed by atoms with Gasteiger partial charge >= 0.3 is 0 Å². The molecule has 1 aromatic carbocycles. The Morgan fingerprint density at radius 3 is 3.04 bits per heavy atom. The van der Waals surface area contributed by atoms with E-state index in [4.69, 9.17) is 9.15 Å². The van der Waals surface area contributed by atoms with Gasteiger partial charge in [0.15, 0.2) is 0 Å². The number of aliphatic hydroxyl groups is 1. The van der Waals surface area contributed by atoms with Crippen molar-refractivity contribution in [2.75, 3.05) is 0 Å². The van der Waals surface area contributed by atoms with E-state index in [9.17, 15) is 9.90 Å². The fourth-order valence-corrected chi connectivity index (χ4v) is 3.86. The highest BCUT2D eigenvalue weighted by Gasteiger charge is 2.31. The van der Waals surface area contributed by atoms with E-state index >= 15 is 0 Å². The molecule has 128 valence electrons. The smallest absolute Gasteiger partial charge is 0.300 e. The van der Waals surface area contributed by atoms with Crippen LogP contribution in [0.15, 0.2) is 39.7 Å². The van der Waals surface area contributed by atoms with Crippen LogP contribution < -0.4 is 10.3 Å².